The number of halogens is 1. The molecule has 0 aromatic heterocycles. The highest BCUT2D eigenvalue weighted by molar-refractivity contribution is 6.32. The minimum Gasteiger partial charge on any atom is -0.495 e. The third-order valence-electron chi connectivity index (χ3n) is 3.90. The van der Waals surface area contributed by atoms with Crippen LogP contribution in [0.4, 0.5) is 0 Å². The molecule has 1 fully saturated rings. The predicted molar refractivity (Wildman–Crippen MR) is 81.9 cm³/mol. The maximum absolute atomic E-state index is 12.5. The van der Waals surface area contributed by atoms with Crippen LogP contribution in [0.3, 0.4) is 0 Å². The fourth-order valence-corrected chi connectivity index (χ4v) is 3.20. The smallest absolute Gasteiger partial charge is 0.167 e. The molecule has 0 radical (unpaired) electrons. The molecule has 110 valence electrons. The summed E-state index contributed by atoms with van der Waals surface area (Å²) < 4.78 is 5.23. The fourth-order valence-electron chi connectivity index (χ4n) is 2.85. The van der Waals surface area contributed by atoms with Crippen molar-refractivity contribution in [2.24, 2.45) is 5.92 Å². The maximum Gasteiger partial charge on any atom is 0.167 e. The zero-order chi connectivity index (χ0) is 14.7. The van der Waals surface area contributed by atoms with Crippen molar-refractivity contribution in [1.29, 1.82) is 0 Å². The van der Waals surface area contributed by atoms with E-state index < -0.39 is 0 Å². The van der Waals surface area contributed by atoms with Crippen molar-refractivity contribution in [3.8, 4) is 5.75 Å². The summed E-state index contributed by atoms with van der Waals surface area (Å²) in [6.07, 6.45) is 2.49. The van der Waals surface area contributed by atoms with Crippen LogP contribution in [0.15, 0.2) is 12.1 Å². The number of carbonyl (C=O) groups is 1. The number of aryl methyl sites for hydroxylation is 1. The largest absolute Gasteiger partial charge is 0.495 e. The van der Waals surface area contributed by atoms with E-state index in [4.69, 9.17) is 16.3 Å². The van der Waals surface area contributed by atoms with E-state index in [2.05, 4.69) is 4.90 Å². The molecule has 1 unspecified atom stereocenters. The number of benzene rings is 1. The van der Waals surface area contributed by atoms with Crippen LogP contribution in [-0.2, 0) is 0 Å². The molecule has 0 N–H and O–H groups in total. The maximum atomic E-state index is 12.5. The lowest BCUT2D eigenvalue weighted by Gasteiger charge is -2.20. The van der Waals surface area contributed by atoms with Gasteiger partial charge in [-0.2, -0.15) is 0 Å². The number of rotatable bonds is 5. The first-order valence-electron chi connectivity index (χ1n) is 7.13. The van der Waals surface area contributed by atoms with Crippen molar-refractivity contribution in [1.82, 2.24) is 4.90 Å². The molecule has 0 amide bonds. The van der Waals surface area contributed by atoms with E-state index in [1.165, 1.54) is 12.8 Å². The van der Waals surface area contributed by atoms with Crippen molar-refractivity contribution >= 4 is 17.4 Å². The Morgan fingerprint density at radius 1 is 1.40 bits per heavy atom. The van der Waals surface area contributed by atoms with Gasteiger partial charge in [-0.1, -0.05) is 18.5 Å². The van der Waals surface area contributed by atoms with Gasteiger partial charge in [0.1, 0.15) is 5.75 Å². The summed E-state index contributed by atoms with van der Waals surface area (Å²) in [4.78, 5) is 14.9. The Hall–Kier alpha value is -1.06. The van der Waals surface area contributed by atoms with Gasteiger partial charge in [-0.25, -0.2) is 0 Å². The van der Waals surface area contributed by atoms with Crippen LogP contribution in [0.25, 0.3) is 0 Å². The van der Waals surface area contributed by atoms with Gasteiger partial charge >= 0.3 is 0 Å². The average molecular weight is 296 g/mol. The molecule has 1 atom stereocenters. The van der Waals surface area contributed by atoms with Crippen LogP contribution < -0.4 is 4.74 Å². The number of hydrogen-bond acceptors (Lipinski definition) is 3. The summed E-state index contributed by atoms with van der Waals surface area (Å²) in [5.41, 5.74) is 1.58. The van der Waals surface area contributed by atoms with Crippen molar-refractivity contribution in [2.45, 2.75) is 26.7 Å². The third kappa shape index (κ3) is 3.33. The molecule has 1 aromatic rings. The number of methoxy groups -OCH3 is 1. The SMILES string of the molecule is COc1c(C)cc(C(=O)C(C)CN2CCCC2)cc1Cl. The van der Waals surface area contributed by atoms with Crippen LogP contribution in [0.1, 0.15) is 35.7 Å². The minimum absolute atomic E-state index is 0.00281. The summed E-state index contributed by atoms with van der Waals surface area (Å²) >= 11 is 6.17. The molecule has 3 nitrogen and oxygen atoms in total. The van der Waals surface area contributed by atoms with Gasteiger partial charge in [-0.3, -0.25) is 4.79 Å². The van der Waals surface area contributed by atoms with Gasteiger partial charge in [0.05, 0.1) is 12.1 Å². The Morgan fingerprint density at radius 2 is 2.05 bits per heavy atom. The van der Waals surface area contributed by atoms with Gasteiger partial charge in [0.15, 0.2) is 5.78 Å². The molecule has 0 aliphatic carbocycles. The van der Waals surface area contributed by atoms with Gasteiger partial charge in [0, 0.05) is 18.0 Å². The van der Waals surface area contributed by atoms with Crippen molar-refractivity contribution < 1.29 is 9.53 Å². The molecule has 1 saturated heterocycles. The number of hydrogen-bond donors (Lipinski definition) is 0. The third-order valence-corrected chi connectivity index (χ3v) is 4.18. The van der Waals surface area contributed by atoms with Crippen molar-refractivity contribution in [2.75, 3.05) is 26.7 Å². The standard InChI is InChI=1S/C16H22ClNO2/c1-11-8-13(9-14(17)16(11)20-3)15(19)12(2)10-18-6-4-5-7-18/h8-9,12H,4-7,10H2,1-3H3. The number of nitrogens with zero attached hydrogens (tertiary/aromatic N) is 1. The Morgan fingerprint density at radius 3 is 2.60 bits per heavy atom. The molecular weight excluding hydrogens is 274 g/mol. The van der Waals surface area contributed by atoms with E-state index in [1.54, 1.807) is 13.2 Å². The summed E-state index contributed by atoms with van der Waals surface area (Å²) in [7, 11) is 1.59. The van der Waals surface area contributed by atoms with Crippen molar-refractivity contribution in [3.05, 3.63) is 28.3 Å². The minimum atomic E-state index is -0.00281. The topological polar surface area (TPSA) is 29.5 Å². The molecule has 0 bridgehead atoms. The molecule has 2 rings (SSSR count). The highest BCUT2D eigenvalue weighted by Crippen LogP contribution is 2.30. The second-order valence-corrected chi connectivity index (χ2v) is 5.99. The van der Waals surface area contributed by atoms with E-state index >= 15 is 0 Å². The molecule has 0 spiro atoms. The van der Waals surface area contributed by atoms with Gasteiger partial charge in [-0.05, 0) is 50.6 Å². The zero-order valence-corrected chi connectivity index (χ0v) is 13.2. The number of ether oxygens (including phenoxy) is 1. The fraction of sp³-hybridized carbons (Fsp3) is 0.562. The molecule has 1 aliphatic heterocycles. The lowest BCUT2D eigenvalue weighted by Crippen LogP contribution is -2.29. The van der Waals surface area contributed by atoms with E-state index in [0.717, 1.165) is 25.2 Å². The lowest BCUT2D eigenvalue weighted by atomic mass is 9.97. The summed E-state index contributed by atoms with van der Waals surface area (Å²) in [6, 6.07) is 3.59. The molecular formula is C16H22ClNO2. The average Bonchev–Trinajstić information content (AvgIpc) is 2.90. The van der Waals surface area contributed by atoms with Crippen LogP contribution >= 0.6 is 11.6 Å². The first kappa shape index (κ1) is 15.3. The van der Waals surface area contributed by atoms with Crippen molar-refractivity contribution in [3.63, 3.8) is 0 Å². The van der Waals surface area contributed by atoms with Crippen LogP contribution in [0.2, 0.25) is 5.02 Å². The van der Waals surface area contributed by atoms with E-state index in [0.29, 0.717) is 16.3 Å². The summed E-state index contributed by atoms with van der Waals surface area (Å²) in [5, 5.41) is 0.504. The second-order valence-electron chi connectivity index (χ2n) is 5.58. The van der Waals surface area contributed by atoms with Crippen LogP contribution in [0.5, 0.6) is 5.75 Å². The van der Waals surface area contributed by atoms with Gasteiger partial charge < -0.3 is 9.64 Å². The first-order chi connectivity index (χ1) is 9.52. The molecule has 0 saturated carbocycles. The highest BCUT2D eigenvalue weighted by Gasteiger charge is 2.22. The predicted octanol–water partition coefficient (Wildman–Crippen LogP) is 3.57. The van der Waals surface area contributed by atoms with Gasteiger partial charge in [0.25, 0.3) is 0 Å². The summed E-state index contributed by atoms with van der Waals surface area (Å²) in [5.74, 6) is 0.803. The van der Waals surface area contributed by atoms with E-state index in [9.17, 15) is 4.79 Å². The Labute approximate surface area is 125 Å². The van der Waals surface area contributed by atoms with Gasteiger partial charge in [-0.15, -0.1) is 0 Å². The second kappa shape index (κ2) is 6.59. The Bertz CT molecular complexity index is 472. The van der Waals surface area contributed by atoms with Gasteiger partial charge in [0.2, 0.25) is 0 Å². The zero-order valence-electron chi connectivity index (χ0n) is 12.4. The number of likely N-dealkylation sites (tertiary alicyclic amines) is 1. The quantitative estimate of drug-likeness (QED) is 0.778. The Balaban J connectivity index is 2.11. The van der Waals surface area contributed by atoms with Crippen LogP contribution in [0, 0.1) is 12.8 Å². The highest BCUT2D eigenvalue weighted by atomic mass is 35.5. The number of Topliss-reactive ketones (excluding diaryl/α,β-unsaturated/α-hetero) is 1. The van der Waals surface area contributed by atoms with E-state index in [-0.39, 0.29) is 11.7 Å². The molecule has 4 heteroatoms. The molecule has 1 heterocycles. The molecule has 1 aromatic carbocycles. The molecule has 1 aliphatic rings. The normalized spacial score (nSPS) is 17.2. The number of ketones is 1. The monoisotopic (exact) mass is 295 g/mol. The summed E-state index contributed by atoms with van der Waals surface area (Å²) in [6.45, 7) is 6.96. The molecule has 20 heavy (non-hydrogen) atoms. The Kier molecular flexibility index (Phi) is 5.06. The van der Waals surface area contributed by atoms with Crippen LogP contribution in [-0.4, -0.2) is 37.4 Å². The van der Waals surface area contributed by atoms with E-state index in [1.807, 2.05) is 19.9 Å². The first-order valence-corrected chi connectivity index (χ1v) is 7.51. The number of carbonyl (C=O) groups excluding carboxylic acids is 1. The lowest BCUT2D eigenvalue weighted by molar-refractivity contribution is 0.0903.